The normalized spacial score (nSPS) is 10.2. The maximum Gasteiger partial charge on any atom is 0.335 e. The number of hydrogen-bond donors (Lipinski definition) is 2. The van der Waals surface area contributed by atoms with Gasteiger partial charge in [-0.2, -0.15) is 0 Å². The fourth-order valence-electron chi connectivity index (χ4n) is 1.70. The van der Waals surface area contributed by atoms with Crippen molar-refractivity contribution in [1.29, 1.82) is 0 Å². The van der Waals surface area contributed by atoms with Crippen LogP contribution in [0.15, 0.2) is 30.3 Å². The van der Waals surface area contributed by atoms with E-state index in [1.807, 2.05) is 0 Å². The molecule has 0 radical (unpaired) electrons. The average Bonchev–Trinajstić information content (AvgIpc) is 2.40. The van der Waals surface area contributed by atoms with E-state index in [-0.39, 0.29) is 22.0 Å². The lowest BCUT2D eigenvalue weighted by Crippen LogP contribution is -2.00. The van der Waals surface area contributed by atoms with Crippen molar-refractivity contribution in [3.05, 3.63) is 56.7 Å². The van der Waals surface area contributed by atoms with Crippen LogP contribution in [0.4, 0.5) is 17.2 Å². The summed E-state index contributed by atoms with van der Waals surface area (Å²) < 4.78 is 0. The van der Waals surface area contributed by atoms with E-state index in [0.29, 0.717) is 11.5 Å². The van der Waals surface area contributed by atoms with Gasteiger partial charge in [0.2, 0.25) is 0 Å². The van der Waals surface area contributed by atoms with Crippen molar-refractivity contribution in [3.8, 4) is 0 Å². The number of carbonyl (C=O) groups is 1. The van der Waals surface area contributed by atoms with Gasteiger partial charge in [-0.3, -0.25) is 10.1 Å². The van der Waals surface area contributed by atoms with Crippen LogP contribution in [-0.2, 0) is 0 Å². The number of pyridine rings is 1. The van der Waals surface area contributed by atoms with Gasteiger partial charge in [-0.25, -0.2) is 9.78 Å². The SMILES string of the molecule is Cc1nc(Nc2ccc(C(=O)O)cc2Cl)ccc1[N+](=O)[O-]. The number of aromatic nitrogens is 1. The van der Waals surface area contributed by atoms with Crippen molar-refractivity contribution in [3.63, 3.8) is 0 Å². The van der Waals surface area contributed by atoms with Gasteiger partial charge in [-0.05, 0) is 31.2 Å². The van der Waals surface area contributed by atoms with Crippen molar-refractivity contribution >= 4 is 34.8 Å². The number of carboxylic acid groups (broad SMARTS) is 1. The summed E-state index contributed by atoms with van der Waals surface area (Å²) >= 11 is 5.98. The Morgan fingerprint density at radius 2 is 2.10 bits per heavy atom. The van der Waals surface area contributed by atoms with Gasteiger partial charge in [0, 0.05) is 6.07 Å². The predicted octanol–water partition coefficient (Wildman–Crippen LogP) is 3.39. The van der Waals surface area contributed by atoms with Crippen LogP contribution in [0.1, 0.15) is 16.1 Å². The quantitative estimate of drug-likeness (QED) is 0.662. The highest BCUT2D eigenvalue weighted by atomic mass is 35.5. The highest BCUT2D eigenvalue weighted by Crippen LogP contribution is 2.27. The number of carboxylic acids is 1. The van der Waals surface area contributed by atoms with Crippen molar-refractivity contribution < 1.29 is 14.8 Å². The molecule has 0 atom stereocenters. The molecule has 2 rings (SSSR count). The van der Waals surface area contributed by atoms with Crippen LogP contribution < -0.4 is 5.32 Å². The molecule has 0 unspecified atom stereocenters. The maximum absolute atomic E-state index is 10.8. The Morgan fingerprint density at radius 3 is 2.62 bits per heavy atom. The van der Waals surface area contributed by atoms with Crippen molar-refractivity contribution in [2.24, 2.45) is 0 Å². The molecule has 0 aliphatic rings. The van der Waals surface area contributed by atoms with Crippen LogP contribution >= 0.6 is 11.6 Å². The number of nitro groups is 1. The Hall–Kier alpha value is -2.67. The first-order chi connectivity index (χ1) is 9.88. The molecule has 0 aliphatic heterocycles. The van der Waals surface area contributed by atoms with E-state index in [9.17, 15) is 14.9 Å². The van der Waals surface area contributed by atoms with Gasteiger partial charge in [0.25, 0.3) is 5.69 Å². The Labute approximate surface area is 124 Å². The van der Waals surface area contributed by atoms with Gasteiger partial charge >= 0.3 is 5.97 Å². The number of aryl methyl sites for hydroxylation is 1. The van der Waals surface area contributed by atoms with E-state index in [4.69, 9.17) is 16.7 Å². The molecule has 0 bridgehead atoms. The summed E-state index contributed by atoms with van der Waals surface area (Å²) in [7, 11) is 0. The number of nitrogens with zero attached hydrogens (tertiary/aromatic N) is 2. The number of hydrogen-bond acceptors (Lipinski definition) is 5. The molecule has 0 saturated carbocycles. The molecule has 8 heteroatoms. The van der Waals surface area contributed by atoms with E-state index in [0.717, 1.165) is 0 Å². The standard InChI is InChI=1S/C13H10ClN3O4/c1-7-11(17(20)21)4-5-12(15-7)16-10-3-2-8(13(18)19)6-9(10)14/h2-6H,1H3,(H,15,16)(H,18,19). The fourth-order valence-corrected chi connectivity index (χ4v) is 1.93. The number of rotatable bonds is 4. The lowest BCUT2D eigenvalue weighted by atomic mass is 10.2. The third-order valence-electron chi connectivity index (χ3n) is 2.73. The molecule has 21 heavy (non-hydrogen) atoms. The van der Waals surface area contributed by atoms with Crippen LogP contribution in [0.2, 0.25) is 5.02 Å². The summed E-state index contributed by atoms with van der Waals surface area (Å²) in [5, 5.41) is 22.7. The summed E-state index contributed by atoms with van der Waals surface area (Å²) in [6, 6.07) is 7.00. The summed E-state index contributed by atoms with van der Waals surface area (Å²) in [5.74, 6) is -0.698. The predicted molar refractivity (Wildman–Crippen MR) is 77.3 cm³/mol. The first kappa shape index (κ1) is 14.7. The molecule has 2 N–H and O–H groups in total. The van der Waals surface area contributed by atoms with Crippen LogP contribution in [0.3, 0.4) is 0 Å². The zero-order chi connectivity index (χ0) is 15.6. The third-order valence-corrected chi connectivity index (χ3v) is 3.05. The summed E-state index contributed by atoms with van der Waals surface area (Å²) in [5.41, 5.74) is 0.719. The Balaban J connectivity index is 2.28. The third kappa shape index (κ3) is 3.26. The zero-order valence-corrected chi connectivity index (χ0v) is 11.6. The number of anilines is 2. The minimum absolute atomic E-state index is 0.0680. The van der Waals surface area contributed by atoms with E-state index in [1.165, 1.54) is 37.3 Å². The van der Waals surface area contributed by atoms with Crippen LogP contribution in [0, 0.1) is 17.0 Å². The number of halogens is 1. The van der Waals surface area contributed by atoms with Crippen LogP contribution in [0.5, 0.6) is 0 Å². The molecule has 0 amide bonds. The largest absolute Gasteiger partial charge is 0.478 e. The van der Waals surface area contributed by atoms with Crippen LogP contribution in [0.25, 0.3) is 0 Å². The molecule has 108 valence electrons. The van der Waals surface area contributed by atoms with Crippen LogP contribution in [-0.4, -0.2) is 21.0 Å². The maximum atomic E-state index is 10.8. The Bertz CT molecular complexity index is 733. The molecule has 1 aromatic heterocycles. The number of nitrogens with one attached hydrogen (secondary N) is 1. The van der Waals surface area contributed by atoms with Gasteiger partial charge in [0.05, 0.1) is 21.2 Å². The highest BCUT2D eigenvalue weighted by molar-refractivity contribution is 6.33. The lowest BCUT2D eigenvalue weighted by molar-refractivity contribution is -0.385. The van der Waals surface area contributed by atoms with E-state index in [1.54, 1.807) is 0 Å². The van der Waals surface area contributed by atoms with Crippen molar-refractivity contribution in [2.45, 2.75) is 6.92 Å². The number of benzene rings is 1. The zero-order valence-electron chi connectivity index (χ0n) is 10.8. The monoisotopic (exact) mass is 307 g/mol. The van der Waals surface area contributed by atoms with Gasteiger partial charge in [-0.15, -0.1) is 0 Å². The summed E-state index contributed by atoms with van der Waals surface area (Å²) in [6.45, 7) is 1.53. The first-order valence-electron chi connectivity index (χ1n) is 5.80. The van der Waals surface area contributed by atoms with Crippen molar-refractivity contribution in [1.82, 2.24) is 4.98 Å². The van der Waals surface area contributed by atoms with Crippen molar-refractivity contribution in [2.75, 3.05) is 5.32 Å². The van der Waals surface area contributed by atoms with Gasteiger partial charge in [-0.1, -0.05) is 11.6 Å². The summed E-state index contributed by atoms with van der Waals surface area (Å²) in [4.78, 5) is 25.1. The number of aromatic carboxylic acids is 1. The molecule has 7 nitrogen and oxygen atoms in total. The van der Waals surface area contributed by atoms with E-state index in [2.05, 4.69) is 10.3 Å². The molecule has 2 aromatic rings. The molecule has 1 heterocycles. The first-order valence-corrected chi connectivity index (χ1v) is 6.18. The lowest BCUT2D eigenvalue weighted by Gasteiger charge is -2.09. The second-order valence-corrected chi connectivity index (χ2v) is 4.59. The highest BCUT2D eigenvalue weighted by Gasteiger charge is 2.13. The molecule has 0 saturated heterocycles. The Morgan fingerprint density at radius 1 is 1.38 bits per heavy atom. The van der Waals surface area contributed by atoms with E-state index >= 15 is 0 Å². The second kappa shape index (κ2) is 5.76. The van der Waals surface area contributed by atoms with Gasteiger partial charge < -0.3 is 10.4 Å². The van der Waals surface area contributed by atoms with Gasteiger partial charge in [0.1, 0.15) is 11.5 Å². The molecule has 0 fully saturated rings. The second-order valence-electron chi connectivity index (χ2n) is 4.18. The minimum atomic E-state index is -1.08. The Kier molecular flexibility index (Phi) is 4.04. The molecular weight excluding hydrogens is 298 g/mol. The molecular formula is C13H10ClN3O4. The smallest absolute Gasteiger partial charge is 0.335 e. The summed E-state index contributed by atoms with van der Waals surface area (Å²) in [6.07, 6.45) is 0. The van der Waals surface area contributed by atoms with E-state index < -0.39 is 10.9 Å². The average molecular weight is 308 g/mol. The topological polar surface area (TPSA) is 105 Å². The van der Waals surface area contributed by atoms with Gasteiger partial charge in [0.15, 0.2) is 0 Å². The molecule has 1 aromatic carbocycles. The molecule has 0 spiro atoms. The minimum Gasteiger partial charge on any atom is -0.478 e. The molecule has 0 aliphatic carbocycles. The fraction of sp³-hybridized carbons (Fsp3) is 0.0769.